The Labute approximate surface area is 175 Å². The number of hydrogen-bond acceptors (Lipinski definition) is 4. The summed E-state index contributed by atoms with van der Waals surface area (Å²) in [6.45, 7) is 7.00. The lowest BCUT2D eigenvalue weighted by Crippen LogP contribution is -2.47. The molecule has 1 saturated heterocycles. The number of rotatable bonds is 3. The van der Waals surface area contributed by atoms with Gasteiger partial charge in [0.05, 0.1) is 23.5 Å². The zero-order chi connectivity index (χ0) is 20.7. The first kappa shape index (κ1) is 19.7. The fourth-order valence-electron chi connectivity index (χ4n) is 4.05. The summed E-state index contributed by atoms with van der Waals surface area (Å²) in [5.74, 6) is -0.614. The molecular formula is C23H23ClN2O3. The number of carbonyl (C=O) groups excluding carboxylic acids is 2. The van der Waals surface area contributed by atoms with E-state index < -0.39 is 0 Å². The molecule has 2 aliphatic rings. The number of ether oxygens (including phenoxy) is 1. The van der Waals surface area contributed by atoms with Crippen molar-refractivity contribution in [2.45, 2.75) is 33.0 Å². The third kappa shape index (κ3) is 3.68. The molecule has 0 aliphatic carbocycles. The van der Waals surface area contributed by atoms with Crippen molar-refractivity contribution in [3.8, 4) is 0 Å². The number of anilines is 1. The Morgan fingerprint density at radius 2 is 1.62 bits per heavy atom. The van der Waals surface area contributed by atoms with Crippen molar-refractivity contribution >= 4 is 34.7 Å². The second-order valence-corrected chi connectivity index (χ2v) is 8.11. The Hall–Kier alpha value is -2.63. The summed E-state index contributed by atoms with van der Waals surface area (Å²) in [7, 11) is 0. The van der Waals surface area contributed by atoms with E-state index in [2.05, 4.69) is 0 Å². The molecule has 2 heterocycles. The maximum Gasteiger partial charge on any atom is 0.282 e. The lowest BCUT2D eigenvalue weighted by atomic mass is 10.0. The molecule has 6 heteroatoms. The number of hydrogen-bond donors (Lipinski definition) is 0. The third-order valence-corrected chi connectivity index (χ3v) is 5.44. The largest absolute Gasteiger partial charge is 0.372 e. The van der Waals surface area contributed by atoms with Gasteiger partial charge in [0.15, 0.2) is 0 Å². The molecular weight excluding hydrogens is 388 g/mol. The van der Waals surface area contributed by atoms with Crippen molar-refractivity contribution in [2.24, 2.45) is 0 Å². The molecule has 2 atom stereocenters. The maximum absolute atomic E-state index is 13.5. The summed E-state index contributed by atoms with van der Waals surface area (Å²) in [6, 6.07) is 14.5. The van der Waals surface area contributed by atoms with E-state index in [4.69, 9.17) is 16.3 Å². The minimum Gasteiger partial charge on any atom is -0.372 e. The van der Waals surface area contributed by atoms with Crippen LogP contribution >= 0.6 is 11.6 Å². The highest BCUT2D eigenvalue weighted by Gasteiger charge is 2.43. The first-order valence-electron chi connectivity index (χ1n) is 9.71. The summed E-state index contributed by atoms with van der Waals surface area (Å²) < 4.78 is 5.83. The van der Waals surface area contributed by atoms with Gasteiger partial charge in [-0.3, -0.25) is 9.59 Å². The number of nitrogens with zero attached hydrogens (tertiary/aromatic N) is 2. The maximum atomic E-state index is 13.5. The van der Waals surface area contributed by atoms with Crippen LogP contribution in [0.1, 0.15) is 25.0 Å². The average Bonchev–Trinajstić information content (AvgIpc) is 2.92. The van der Waals surface area contributed by atoms with Gasteiger partial charge in [0.1, 0.15) is 5.70 Å². The van der Waals surface area contributed by atoms with Crippen LogP contribution in [0.5, 0.6) is 0 Å². The number of benzene rings is 2. The minimum absolute atomic E-state index is 0.0337. The first-order chi connectivity index (χ1) is 13.8. The quantitative estimate of drug-likeness (QED) is 0.716. The van der Waals surface area contributed by atoms with Gasteiger partial charge in [0, 0.05) is 18.1 Å². The van der Waals surface area contributed by atoms with Gasteiger partial charge in [0.2, 0.25) is 0 Å². The Balaban J connectivity index is 1.84. The number of carbonyl (C=O) groups is 2. The van der Waals surface area contributed by atoms with Crippen LogP contribution in [0, 0.1) is 6.92 Å². The molecule has 150 valence electrons. The molecule has 0 bridgehead atoms. The highest BCUT2D eigenvalue weighted by Crippen LogP contribution is 2.36. The molecule has 2 aromatic rings. The molecule has 2 unspecified atom stereocenters. The molecule has 4 rings (SSSR count). The van der Waals surface area contributed by atoms with E-state index in [9.17, 15) is 9.59 Å². The SMILES string of the molecule is Cc1cccc(N2C(=O)C(c3ccc(Cl)cc3)=C(N3CC(C)OC(C)C3)C2=O)c1. The highest BCUT2D eigenvalue weighted by atomic mass is 35.5. The van der Waals surface area contributed by atoms with Crippen molar-refractivity contribution in [3.05, 3.63) is 70.4 Å². The third-order valence-electron chi connectivity index (χ3n) is 5.19. The number of morpholine rings is 1. The van der Waals surface area contributed by atoms with E-state index in [1.165, 1.54) is 4.90 Å². The molecule has 2 amide bonds. The van der Waals surface area contributed by atoms with Crippen molar-refractivity contribution in [1.29, 1.82) is 0 Å². The van der Waals surface area contributed by atoms with Crippen molar-refractivity contribution in [3.63, 3.8) is 0 Å². The lowest BCUT2D eigenvalue weighted by Gasteiger charge is -2.37. The topological polar surface area (TPSA) is 49.9 Å². The Kier molecular flexibility index (Phi) is 5.19. The van der Waals surface area contributed by atoms with E-state index in [0.717, 1.165) is 5.56 Å². The van der Waals surface area contributed by atoms with Gasteiger partial charge < -0.3 is 9.64 Å². The molecule has 29 heavy (non-hydrogen) atoms. The predicted molar refractivity (Wildman–Crippen MR) is 114 cm³/mol. The molecule has 0 aromatic heterocycles. The van der Waals surface area contributed by atoms with E-state index in [1.54, 1.807) is 30.3 Å². The second-order valence-electron chi connectivity index (χ2n) is 7.68. The van der Waals surface area contributed by atoms with Gasteiger partial charge in [-0.2, -0.15) is 0 Å². The van der Waals surface area contributed by atoms with Gasteiger partial charge in [0.25, 0.3) is 11.8 Å². The second kappa shape index (κ2) is 7.65. The molecule has 0 saturated carbocycles. The van der Waals surface area contributed by atoms with Gasteiger partial charge >= 0.3 is 0 Å². The zero-order valence-corrected chi connectivity index (χ0v) is 17.4. The van der Waals surface area contributed by atoms with Crippen molar-refractivity contribution in [1.82, 2.24) is 4.90 Å². The summed E-state index contributed by atoms with van der Waals surface area (Å²) in [5, 5.41) is 0.580. The van der Waals surface area contributed by atoms with Gasteiger partial charge in [-0.15, -0.1) is 0 Å². The van der Waals surface area contributed by atoms with Crippen LogP contribution in [0.3, 0.4) is 0 Å². The molecule has 2 aromatic carbocycles. The average molecular weight is 411 g/mol. The van der Waals surface area contributed by atoms with E-state index in [-0.39, 0.29) is 24.0 Å². The number of halogens is 1. The lowest BCUT2D eigenvalue weighted by molar-refractivity contribution is -0.121. The van der Waals surface area contributed by atoms with E-state index in [1.807, 2.05) is 43.9 Å². The fraction of sp³-hybridized carbons (Fsp3) is 0.304. The molecule has 0 radical (unpaired) electrons. The number of imide groups is 1. The normalized spacial score (nSPS) is 22.6. The monoisotopic (exact) mass is 410 g/mol. The predicted octanol–water partition coefficient (Wildman–Crippen LogP) is 4.04. The molecule has 1 fully saturated rings. The molecule has 0 spiro atoms. The van der Waals surface area contributed by atoms with Gasteiger partial charge in [-0.1, -0.05) is 35.9 Å². The molecule has 2 aliphatic heterocycles. The van der Waals surface area contributed by atoms with Crippen LogP contribution in [0.4, 0.5) is 5.69 Å². The van der Waals surface area contributed by atoms with Crippen LogP contribution in [0.15, 0.2) is 54.2 Å². The highest BCUT2D eigenvalue weighted by molar-refractivity contribution is 6.45. The van der Waals surface area contributed by atoms with Crippen molar-refractivity contribution in [2.75, 3.05) is 18.0 Å². The van der Waals surface area contributed by atoms with Gasteiger partial charge in [-0.05, 0) is 56.2 Å². The van der Waals surface area contributed by atoms with Crippen LogP contribution in [0.2, 0.25) is 5.02 Å². The van der Waals surface area contributed by atoms with Gasteiger partial charge in [-0.25, -0.2) is 4.90 Å². The van der Waals surface area contributed by atoms with E-state index >= 15 is 0 Å². The first-order valence-corrected chi connectivity index (χ1v) is 10.1. The zero-order valence-electron chi connectivity index (χ0n) is 16.7. The fourth-order valence-corrected chi connectivity index (χ4v) is 4.18. The Morgan fingerprint density at radius 3 is 2.24 bits per heavy atom. The van der Waals surface area contributed by atoms with Crippen molar-refractivity contribution < 1.29 is 14.3 Å². The smallest absolute Gasteiger partial charge is 0.282 e. The summed E-state index contributed by atoms with van der Waals surface area (Å²) in [4.78, 5) is 30.3. The summed E-state index contributed by atoms with van der Waals surface area (Å²) in [6.07, 6.45) is -0.0673. The van der Waals surface area contributed by atoms with Crippen LogP contribution in [0.25, 0.3) is 5.57 Å². The minimum atomic E-state index is -0.315. The van der Waals surface area contributed by atoms with Crippen LogP contribution < -0.4 is 4.90 Å². The standard InChI is InChI=1S/C23H23ClN2O3/c1-14-5-4-6-19(11-14)26-22(27)20(17-7-9-18(24)10-8-17)21(23(26)28)25-12-15(2)29-16(3)13-25/h4-11,15-16H,12-13H2,1-3H3. The Bertz CT molecular complexity index is 989. The molecule has 0 N–H and O–H groups in total. The molecule has 5 nitrogen and oxygen atoms in total. The number of aryl methyl sites for hydroxylation is 1. The van der Waals surface area contributed by atoms with Crippen LogP contribution in [-0.4, -0.2) is 42.0 Å². The van der Waals surface area contributed by atoms with E-state index in [0.29, 0.717) is 40.6 Å². The number of amides is 2. The summed E-state index contributed by atoms with van der Waals surface area (Å²) in [5.41, 5.74) is 3.09. The summed E-state index contributed by atoms with van der Waals surface area (Å²) >= 11 is 6.04. The Morgan fingerprint density at radius 1 is 0.966 bits per heavy atom. The van der Waals surface area contributed by atoms with Crippen LogP contribution in [-0.2, 0) is 14.3 Å².